The number of pyridine rings is 1. The Morgan fingerprint density at radius 3 is 2.95 bits per heavy atom. The number of carbonyl (C=O) groups is 1. The van der Waals surface area contributed by atoms with Crippen molar-refractivity contribution in [2.75, 3.05) is 11.9 Å². The first-order valence-electron chi connectivity index (χ1n) is 6.20. The lowest BCUT2D eigenvalue weighted by Gasteiger charge is -2.07. The van der Waals surface area contributed by atoms with Gasteiger partial charge in [-0.15, -0.1) is 0 Å². The van der Waals surface area contributed by atoms with Crippen LogP contribution in [0.5, 0.6) is 0 Å². The van der Waals surface area contributed by atoms with Gasteiger partial charge in [-0.05, 0) is 19.1 Å². The molecule has 0 aliphatic carbocycles. The van der Waals surface area contributed by atoms with E-state index in [0.717, 1.165) is 11.9 Å². The molecule has 21 heavy (non-hydrogen) atoms. The first-order valence-corrected chi connectivity index (χ1v) is 6.20. The lowest BCUT2D eigenvalue weighted by molar-refractivity contribution is -0.385. The molecule has 0 radical (unpaired) electrons. The lowest BCUT2D eigenvalue weighted by Crippen LogP contribution is -2.31. The van der Waals surface area contributed by atoms with Crippen LogP contribution < -0.4 is 10.6 Å². The van der Waals surface area contributed by atoms with Crippen LogP contribution in [0.25, 0.3) is 0 Å². The predicted molar refractivity (Wildman–Crippen MR) is 74.9 cm³/mol. The van der Waals surface area contributed by atoms with Gasteiger partial charge in [-0.2, -0.15) is 5.10 Å². The fraction of sp³-hybridized carbons (Fsp3) is 0.250. The first-order chi connectivity index (χ1) is 10.0. The van der Waals surface area contributed by atoms with E-state index in [0.29, 0.717) is 12.4 Å². The second-order valence-corrected chi connectivity index (χ2v) is 4.26. The van der Waals surface area contributed by atoms with Gasteiger partial charge >= 0.3 is 11.7 Å². The molecule has 2 N–H and O–H groups in total. The molecule has 0 spiro atoms. The van der Waals surface area contributed by atoms with Crippen LogP contribution in [0.3, 0.4) is 0 Å². The summed E-state index contributed by atoms with van der Waals surface area (Å²) in [6.07, 6.45) is 2.47. The van der Waals surface area contributed by atoms with E-state index in [1.807, 2.05) is 13.0 Å². The Bertz CT molecular complexity index is 654. The minimum absolute atomic E-state index is 0.0802. The number of aryl methyl sites for hydroxylation is 1. The normalized spacial score (nSPS) is 10.1. The minimum atomic E-state index is -0.521. The van der Waals surface area contributed by atoms with Crippen LogP contribution in [0.1, 0.15) is 5.69 Å². The second kappa shape index (κ2) is 6.46. The van der Waals surface area contributed by atoms with Crippen molar-refractivity contribution in [2.24, 2.45) is 0 Å². The maximum Gasteiger partial charge on any atom is 0.320 e. The summed E-state index contributed by atoms with van der Waals surface area (Å²) >= 11 is 0. The van der Waals surface area contributed by atoms with Crippen LogP contribution in [0.2, 0.25) is 0 Å². The predicted octanol–water partition coefficient (Wildman–Crippen LogP) is 1.32. The summed E-state index contributed by atoms with van der Waals surface area (Å²) in [5.74, 6) is 0.460. The molecule has 2 aromatic rings. The van der Waals surface area contributed by atoms with Crippen molar-refractivity contribution in [1.82, 2.24) is 20.1 Å². The van der Waals surface area contributed by atoms with Gasteiger partial charge in [0.1, 0.15) is 18.2 Å². The molecule has 0 fully saturated rings. The van der Waals surface area contributed by atoms with Crippen LogP contribution in [0.4, 0.5) is 16.3 Å². The fourth-order valence-electron chi connectivity index (χ4n) is 1.63. The zero-order chi connectivity index (χ0) is 15.2. The van der Waals surface area contributed by atoms with Gasteiger partial charge in [0.2, 0.25) is 0 Å². The van der Waals surface area contributed by atoms with Gasteiger partial charge in [0, 0.05) is 12.2 Å². The van der Waals surface area contributed by atoms with E-state index in [2.05, 4.69) is 20.7 Å². The van der Waals surface area contributed by atoms with E-state index in [-0.39, 0.29) is 12.2 Å². The van der Waals surface area contributed by atoms with Gasteiger partial charge in [0.25, 0.3) is 0 Å². The molecule has 2 aromatic heterocycles. The highest BCUT2D eigenvalue weighted by Gasteiger charge is 2.08. The number of amides is 2. The van der Waals surface area contributed by atoms with Crippen molar-refractivity contribution in [1.29, 1.82) is 0 Å². The molecular formula is C12H14N6O3. The van der Waals surface area contributed by atoms with Gasteiger partial charge in [-0.25, -0.2) is 9.78 Å². The number of aromatic nitrogens is 3. The quantitative estimate of drug-likeness (QED) is 0.636. The molecule has 110 valence electrons. The fourth-order valence-corrected chi connectivity index (χ4v) is 1.63. The summed E-state index contributed by atoms with van der Waals surface area (Å²) in [5, 5.41) is 19.5. The van der Waals surface area contributed by atoms with E-state index in [9.17, 15) is 14.9 Å². The number of hydrogen-bond acceptors (Lipinski definition) is 5. The third-order valence-electron chi connectivity index (χ3n) is 2.59. The molecule has 0 bridgehead atoms. The van der Waals surface area contributed by atoms with Crippen molar-refractivity contribution in [3.05, 3.63) is 46.4 Å². The Kier molecular flexibility index (Phi) is 4.44. The smallest absolute Gasteiger partial charge is 0.320 e. The molecule has 0 saturated heterocycles. The van der Waals surface area contributed by atoms with E-state index < -0.39 is 11.0 Å². The largest absolute Gasteiger partial charge is 0.336 e. The highest BCUT2D eigenvalue weighted by molar-refractivity contribution is 5.88. The van der Waals surface area contributed by atoms with E-state index in [1.54, 1.807) is 12.1 Å². The van der Waals surface area contributed by atoms with Gasteiger partial charge < -0.3 is 5.32 Å². The van der Waals surface area contributed by atoms with E-state index in [4.69, 9.17) is 0 Å². The number of rotatable bonds is 5. The maximum absolute atomic E-state index is 11.6. The average molecular weight is 290 g/mol. The van der Waals surface area contributed by atoms with Crippen molar-refractivity contribution in [2.45, 2.75) is 13.5 Å². The molecule has 9 heteroatoms. The van der Waals surface area contributed by atoms with Gasteiger partial charge in [-0.3, -0.25) is 20.1 Å². The van der Waals surface area contributed by atoms with Crippen LogP contribution in [0, 0.1) is 17.0 Å². The van der Waals surface area contributed by atoms with Crippen LogP contribution in [-0.4, -0.2) is 32.3 Å². The Hall–Kier alpha value is -2.97. The molecule has 0 saturated carbocycles. The molecule has 0 atom stereocenters. The SMILES string of the molecule is Cc1cccc(NC(=O)NCCn2cc([N+](=O)[O-])cn2)n1. The third-order valence-corrected chi connectivity index (χ3v) is 2.59. The highest BCUT2D eigenvalue weighted by Crippen LogP contribution is 2.07. The summed E-state index contributed by atoms with van der Waals surface area (Å²) in [7, 11) is 0. The number of nitro groups is 1. The molecule has 0 aliphatic heterocycles. The molecule has 2 rings (SSSR count). The van der Waals surface area contributed by atoms with Crippen molar-refractivity contribution in [3.63, 3.8) is 0 Å². The standard InChI is InChI=1S/C12H14N6O3/c1-9-3-2-4-11(15-9)16-12(19)13-5-6-17-8-10(7-14-17)18(20)21/h2-4,7-8H,5-6H2,1H3,(H2,13,15,16,19). The molecular weight excluding hydrogens is 276 g/mol. The number of nitrogens with zero attached hydrogens (tertiary/aromatic N) is 4. The third kappa shape index (κ3) is 4.27. The summed E-state index contributed by atoms with van der Waals surface area (Å²) in [6.45, 7) is 2.45. The average Bonchev–Trinajstić information content (AvgIpc) is 2.87. The number of carbonyl (C=O) groups excluding carboxylic acids is 1. The molecule has 0 unspecified atom stereocenters. The minimum Gasteiger partial charge on any atom is -0.336 e. The number of hydrogen-bond donors (Lipinski definition) is 2. The summed E-state index contributed by atoms with van der Waals surface area (Å²) in [5.41, 5.74) is 0.722. The highest BCUT2D eigenvalue weighted by atomic mass is 16.6. The second-order valence-electron chi connectivity index (χ2n) is 4.26. The zero-order valence-electron chi connectivity index (χ0n) is 11.3. The van der Waals surface area contributed by atoms with Gasteiger partial charge in [0.05, 0.1) is 11.5 Å². The summed E-state index contributed by atoms with van der Waals surface area (Å²) in [4.78, 5) is 25.7. The molecule has 9 nitrogen and oxygen atoms in total. The van der Waals surface area contributed by atoms with Crippen molar-refractivity contribution >= 4 is 17.5 Å². The van der Waals surface area contributed by atoms with Crippen LogP contribution in [-0.2, 0) is 6.54 Å². The summed E-state index contributed by atoms with van der Waals surface area (Å²) in [6, 6.07) is 4.91. The molecule has 2 heterocycles. The number of urea groups is 1. The van der Waals surface area contributed by atoms with Gasteiger partial charge in [0.15, 0.2) is 0 Å². The topological polar surface area (TPSA) is 115 Å². The molecule has 0 aromatic carbocycles. The monoisotopic (exact) mass is 290 g/mol. The molecule has 2 amide bonds. The Balaban J connectivity index is 1.77. The Morgan fingerprint density at radius 1 is 1.48 bits per heavy atom. The van der Waals surface area contributed by atoms with Crippen molar-refractivity contribution in [3.8, 4) is 0 Å². The summed E-state index contributed by atoms with van der Waals surface area (Å²) < 4.78 is 1.39. The van der Waals surface area contributed by atoms with E-state index in [1.165, 1.54) is 10.9 Å². The number of anilines is 1. The first kappa shape index (κ1) is 14.4. The Morgan fingerprint density at radius 2 is 2.29 bits per heavy atom. The number of nitrogens with one attached hydrogen (secondary N) is 2. The maximum atomic E-state index is 11.6. The van der Waals surface area contributed by atoms with Crippen LogP contribution >= 0.6 is 0 Å². The Labute approximate surface area is 120 Å². The van der Waals surface area contributed by atoms with Crippen LogP contribution in [0.15, 0.2) is 30.6 Å². The zero-order valence-corrected chi connectivity index (χ0v) is 11.3. The molecule has 0 aliphatic rings. The van der Waals surface area contributed by atoms with Crippen molar-refractivity contribution < 1.29 is 9.72 Å². The lowest BCUT2D eigenvalue weighted by atomic mass is 10.4. The van der Waals surface area contributed by atoms with Gasteiger partial charge in [-0.1, -0.05) is 6.07 Å². The van der Waals surface area contributed by atoms with E-state index >= 15 is 0 Å².